The van der Waals surface area contributed by atoms with Gasteiger partial charge in [0.2, 0.25) is 0 Å². The van der Waals surface area contributed by atoms with Gasteiger partial charge in [-0.1, -0.05) is 13.8 Å². The van der Waals surface area contributed by atoms with Gasteiger partial charge in [0.25, 0.3) is 10.0 Å². The maximum absolute atomic E-state index is 12.8. The molecule has 1 heterocycles. The predicted molar refractivity (Wildman–Crippen MR) is 75.5 cm³/mol. The first kappa shape index (κ1) is 14.3. The third-order valence-corrected chi connectivity index (χ3v) is 4.97. The molecule has 0 bridgehead atoms. The smallest absolute Gasteiger partial charge is 0.262 e. The first-order valence-electron chi connectivity index (χ1n) is 6.61. The lowest BCUT2D eigenvalue weighted by Crippen LogP contribution is -2.36. The van der Waals surface area contributed by atoms with Gasteiger partial charge in [-0.3, -0.25) is 0 Å². The van der Waals surface area contributed by atoms with Crippen molar-refractivity contribution in [2.75, 3.05) is 18.9 Å². The van der Waals surface area contributed by atoms with Crippen LogP contribution in [-0.2, 0) is 10.0 Å². The number of hydrogen-bond donors (Lipinski definition) is 1. The molecular formula is C13H21N3O2S. The van der Waals surface area contributed by atoms with E-state index in [2.05, 4.69) is 10.3 Å². The van der Waals surface area contributed by atoms with Crippen molar-refractivity contribution >= 4 is 15.7 Å². The van der Waals surface area contributed by atoms with Gasteiger partial charge in [-0.25, -0.2) is 13.4 Å². The first-order valence-corrected chi connectivity index (χ1v) is 8.05. The molecule has 0 aromatic carbocycles. The zero-order chi connectivity index (χ0) is 14.0. The quantitative estimate of drug-likeness (QED) is 0.866. The summed E-state index contributed by atoms with van der Waals surface area (Å²) in [7, 11) is -1.81. The molecule has 0 amide bonds. The van der Waals surface area contributed by atoms with Gasteiger partial charge in [0.05, 0.1) is 5.69 Å². The minimum absolute atomic E-state index is 0.130. The van der Waals surface area contributed by atoms with Gasteiger partial charge < -0.3 is 5.32 Å². The Bertz CT molecular complexity index is 539. The average molecular weight is 283 g/mol. The van der Waals surface area contributed by atoms with Crippen molar-refractivity contribution in [2.24, 2.45) is 5.92 Å². The van der Waals surface area contributed by atoms with E-state index in [0.717, 1.165) is 12.8 Å². The van der Waals surface area contributed by atoms with E-state index in [1.807, 2.05) is 13.8 Å². The molecule has 1 fully saturated rings. The predicted octanol–water partition coefficient (Wildman–Crippen LogP) is 1.93. The highest BCUT2D eigenvalue weighted by molar-refractivity contribution is 7.89. The Morgan fingerprint density at radius 2 is 2.16 bits per heavy atom. The molecule has 6 heteroatoms. The van der Waals surface area contributed by atoms with Gasteiger partial charge in [-0.05, 0) is 30.9 Å². The van der Waals surface area contributed by atoms with Gasteiger partial charge in [-0.2, -0.15) is 4.31 Å². The lowest BCUT2D eigenvalue weighted by Gasteiger charge is -2.24. The van der Waals surface area contributed by atoms with Crippen LogP contribution in [0.5, 0.6) is 0 Å². The molecule has 0 unspecified atom stereocenters. The average Bonchev–Trinajstić information content (AvgIpc) is 3.19. The van der Waals surface area contributed by atoms with Crippen LogP contribution in [0.25, 0.3) is 0 Å². The highest BCUT2D eigenvalue weighted by atomic mass is 32.2. The van der Waals surface area contributed by atoms with E-state index >= 15 is 0 Å². The van der Waals surface area contributed by atoms with Crippen molar-refractivity contribution in [3.05, 3.63) is 18.3 Å². The molecule has 2 rings (SSSR count). The number of anilines is 1. The zero-order valence-electron chi connectivity index (χ0n) is 11.6. The Labute approximate surface area is 115 Å². The monoisotopic (exact) mass is 283 g/mol. The molecule has 1 aromatic heterocycles. The molecule has 1 N–H and O–H groups in total. The molecule has 5 nitrogen and oxygen atoms in total. The summed E-state index contributed by atoms with van der Waals surface area (Å²) in [5, 5.41) is 3.03. The van der Waals surface area contributed by atoms with Crippen molar-refractivity contribution in [3.63, 3.8) is 0 Å². The summed E-state index contributed by atoms with van der Waals surface area (Å²) in [5.74, 6) is 0.303. The molecule has 1 saturated carbocycles. The molecule has 0 radical (unpaired) electrons. The number of pyridine rings is 1. The number of nitrogens with one attached hydrogen (secondary N) is 1. The summed E-state index contributed by atoms with van der Waals surface area (Å²) >= 11 is 0. The molecule has 106 valence electrons. The summed E-state index contributed by atoms with van der Waals surface area (Å²) in [4.78, 5) is 4.07. The Kier molecular flexibility index (Phi) is 4.10. The van der Waals surface area contributed by atoms with Crippen molar-refractivity contribution in [1.82, 2.24) is 9.29 Å². The standard InChI is InChI=1S/C13H21N3O2S/c1-10(2)9-16(11-6-7-11)19(17,18)13-12(14-3)5-4-8-15-13/h4-5,8,10-11,14H,6-7,9H2,1-3H3. The number of rotatable bonds is 6. The molecule has 1 aliphatic carbocycles. The number of aromatic nitrogens is 1. The summed E-state index contributed by atoms with van der Waals surface area (Å²) in [6, 6.07) is 3.62. The van der Waals surface area contributed by atoms with Crippen molar-refractivity contribution in [3.8, 4) is 0 Å². The molecule has 1 aromatic rings. The van der Waals surface area contributed by atoms with E-state index in [9.17, 15) is 8.42 Å². The zero-order valence-corrected chi connectivity index (χ0v) is 12.4. The van der Waals surface area contributed by atoms with Crippen LogP contribution in [0, 0.1) is 5.92 Å². The van der Waals surface area contributed by atoms with E-state index in [1.54, 1.807) is 23.5 Å². The normalized spacial score (nSPS) is 16.1. The molecular weight excluding hydrogens is 262 g/mol. The van der Waals surface area contributed by atoms with E-state index in [1.165, 1.54) is 6.20 Å². The Morgan fingerprint density at radius 3 is 2.68 bits per heavy atom. The second kappa shape index (κ2) is 5.46. The van der Waals surface area contributed by atoms with E-state index in [4.69, 9.17) is 0 Å². The van der Waals surface area contributed by atoms with Crippen molar-refractivity contribution in [2.45, 2.75) is 37.8 Å². The number of sulfonamides is 1. The molecule has 0 atom stereocenters. The SMILES string of the molecule is CNc1cccnc1S(=O)(=O)N(CC(C)C)C1CC1. The van der Waals surface area contributed by atoms with Gasteiger partial charge in [0.15, 0.2) is 5.03 Å². The highest BCUT2D eigenvalue weighted by Crippen LogP contribution is 2.33. The minimum Gasteiger partial charge on any atom is -0.386 e. The first-order chi connectivity index (χ1) is 8.96. The topological polar surface area (TPSA) is 62.3 Å². The number of hydrogen-bond acceptors (Lipinski definition) is 4. The fourth-order valence-electron chi connectivity index (χ4n) is 2.06. The van der Waals surface area contributed by atoms with Gasteiger partial charge in [0, 0.05) is 25.8 Å². The summed E-state index contributed by atoms with van der Waals surface area (Å²) in [6.07, 6.45) is 3.43. The summed E-state index contributed by atoms with van der Waals surface area (Å²) < 4.78 is 27.1. The number of nitrogens with zero attached hydrogens (tertiary/aromatic N) is 2. The third-order valence-electron chi connectivity index (χ3n) is 3.09. The highest BCUT2D eigenvalue weighted by Gasteiger charge is 2.39. The molecule has 0 aliphatic heterocycles. The largest absolute Gasteiger partial charge is 0.386 e. The third kappa shape index (κ3) is 3.06. The van der Waals surface area contributed by atoms with E-state index < -0.39 is 10.0 Å². The maximum Gasteiger partial charge on any atom is 0.262 e. The van der Waals surface area contributed by atoms with Crippen molar-refractivity contribution < 1.29 is 8.42 Å². The van der Waals surface area contributed by atoms with Crippen LogP contribution in [0.15, 0.2) is 23.4 Å². The molecule has 0 saturated heterocycles. The van der Waals surface area contributed by atoms with Crippen LogP contribution < -0.4 is 5.32 Å². The molecule has 19 heavy (non-hydrogen) atoms. The van der Waals surface area contributed by atoms with Crippen LogP contribution in [0.3, 0.4) is 0 Å². The Morgan fingerprint density at radius 1 is 1.47 bits per heavy atom. The lowest BCUT2D eigenvalue weighted by atomic mass is 10.2. The summed E-state index contributed by atoms with van der Waals surface area (Å²) in [5.41, 5.74) is 0.553. The fourth-order valence-corrected chi connectivity index (χ4v) is 4.03. The van der Waals surface area contributed by atoms with Crippen LogP contribution in [0.1, 0.15) is 26.7 Å². The van der Waals surface area contributed by atoms with Gasteiger partial charge >= 0.3 is 0 Å². The van der Waals surface area contributed by atoms with E-state index in [0.29, 0.717) is 18.2 Å². The van der Waals surface area contributed by atoms with Crippen LogP contribution in [0.2, 0.25) is 0 Å². The Hall–Kier alpha value is -1.14. The summed E-state index contributed by atoms with van der Waals surface area (Å²) in [6.45, 7) is 4.61. The second-order valence-electron chi connectivity index (χ2n) is 5.31. The fraction of sp³-hybridized carbons (Fsp3) is 0.615. The van der Waals surface area contributed by atoms with Crippen LogP contribution in [0.4, 0.5) is 5.69 Å². The minimum atomic E-state index is -3.52. The molecule has 0 spiro atoms. The lowest BCUT2D eigenvalue weighted by molar-refractivity contribution is 0.359. The molecule has 1 aliphatic rings. The van der Waals surface area contributed by atoms with Crippen molar-refractivity contribution in [1.29, 1.82) is 0 Å². The van der Waals surface area contributed by atoms with Crippen LogP contribution in [-0.4, -0.2) is 37.3 Å². The maximum atomic E-state index is 12.8. The Balaban J connectivity index is 2.39. The van der Waals surface area contributed by atoms with Crippen LogP contribution >= 0.6 is 0 Å². The van der Waals surface area contributed by atoms with E-state index in [-0.39, 0.29) is 11.1 Å². The van der Waals surface area contributed by atoms with Gasteiger partial charge in [0.1, 0.15) is 0 Å². The second-order valence-corrected chi connectivity index (χ2v) is 7.11. The van der Waals surface area contributed by atoms with Gasteiger partial charge in [-0.15, -0.1) is 0 Å².